The van der Waals surface area contributed by atoms with Crippen LogP contribution in [0.15, 0.2) is 36.9 Å². The number of alkyl halides is 3. The Bertz CT molecular complexity index is 533. The fourth-order valence-electron chi connectivity index (χ4n) is 4.72. The largest absolute Gasteiger partial charge is 0.573 e. The predicted molar refractivity (Wildman–Crippen MR) is 88.9 cm³/mol. The van der Waals surface area contributed by atoms with E-state index in [0.29, 0.717) is 5.92 Å². The van der Waals surface area contributed by atoms with E-state index >= 15 is 0 Å². The molecule has 0 aliphatic heterocycles. The molecular weight excluding hydrogens is 313 g/mol. The van der Waals surface area contributed by atoms with Gasteiger partial charge in [0.15, 0.2) is 0 Å². The Hall–Kier alpha value is -1.45. The first-order valence-electron chi connectivity index (χ1n) is 8.91. The van der Waals surface area contributed by atoms with Crippen LogP contribution in [0.25, 0.3) is 0 Å². The van der Waals surface area contributed by atoms with Gasteiger partial charge in [-0.1, -0.05) is 18.2 Å². The van der Waals surface area contributed by atoms with Gasteiger partial charge in [0.25, 0.3) is 0 Å². The normalized spacial score (nSPS) is 30.5. The lowest BCUT2D eigenvalue weighted by molar-refractivity contribution is -0.274. The lowest BCUT2D eigenvalue weighted by Gasteiger charge is -2.17. The third-order valence-corrected chi connectivity index (χ3v) is 5.80. The van der Waals surface area contributed by atoms with Crippen LogP contribution >= 0.6 is 0 Å². The number of hydrogen-bond acceptors (Lipinski definition) is 1. The molecule has 24 heavy (non-hydrogen) atoms. The first kappa shape index (κ1) is 17.4. The second-order valence-electron chi connectivity index (χ2n) is 7.35. The number of ether oxygens (including phenoxy) is 1. The summed E-state index contributed by atoms with van der Waals surface area (Å²) in [6.45, 7) is 3.86. The maximum Gasteiger partial charge on any atom is 0.573 e. The summed E-state index contributed by atoms with van der Waals surface area (Å²) in [5, 5.41) is 0. The predicted octanol–water partition coefficient (Wildman–Crippen LogP) is 6.46. The summed E-state index contributed by atoms with van der Waals surface area (Å²) in [5.41, 5.74) is 1.15. The van der Waals surface area contributed by atoms with E-state index in [4.69, 9.17) is 0 Å². The van der Waals surface area contributed by atoms with E-state index in [9.17, 15) is 13.2 Å². The van der Waals surface area contributed by atoms with Crippen molar-refractivity contribution in [2.45, 2.75) is 57.2 Å². The molecular formula is C20H25F3O. The van der Waals surface area contributed by atoms with Gasteiger partial charge in [-0.3, -0.25) is 0 Å². The fourth-order valence-corrected chi connectivity index (χ4v) is 4.72. The molecule has 0 saturated heterocycles. The van der Waals surface area contributed by atoms with E-state index in [1.54, 1.807) is 12.1 Å². The number of hydrogen-bond donors (Lipinski definition) is 0. The average Bonchev–Trinajstić information content (AvgIpc) is 2.79. The maximum atomic E-state index is 12.2. The van der Waals surface area contributed by atoms with Crippen LogP contribution in [0.3, 0.4) is 0 Å². The molecule has 0 bridgehead atoms. The highest BCUT2D eigenvalue weighted by Gasteiger charge is 2.36. The highest BCUT2D eigenvalue weighted by atomic mass is 19.4. The Morgan fingerprint density at radius 2 is 1.58 bits per heavy atom. The number of allylic oxidation sites excluding steroid dienone is 1. The van der Waals surface area contributed by atoms with E-state index in [0.717, 1.165) is 42.6 Å². The highest BCUT2D eigenvalue weighted by Crippen LogP contribution is 2.48. The standard InChI is InChI=1S/C20H25F3O/c1-2-3-14-12-17-6-4-15(5-7-18(17)13-14)16-8-10-19(11-9-16)24-20(21,22)23/h2,8-11,14-15,17-18H,1,3-7,12-13H2. The molecule has 0 amide bonds. The fraction of sp³-hybridized carbons (Fsp3) is 0.600. The second-order valence-corrected chi connectivity index (χ2v) is 7.35. The third kappa shape index (κ3) is 4.34. The van der Waals surface area contributed by atoms with Gasteiger partial charge in [0.2, 0.25) is 0 Å². The minimum atomic E-state index is -4.62. The number of halogens is 3. The molecule has 4 heteroatoms. The average molecular weight is 338 g/mol. The molecule has 2 aliphatic rings. The zero-order chi connectivity index (χ0) is 17.2. The van der Waals surface area contributed by atoms with Crippen molar-refractivity contribution in [2.24, 2.45) is 17.8 Å². The molecule has 2 unspecified atom stereocenters. The molecule has 1 aromatic rings. The summed E-state index contributed by atoms with van der Waals surface area (Å²) in [7, 11) is 0. The quantitative estimate of drug-likeness (QED) is 0.572. The van der Waals surface area contributed by atoms with E-state index in [1.165, 1.54) is 37.8 Å². The molecule has 2 saturated carbocycles. The molecule has 0 radical (unpaired) electrons. The minimum absolute atomic E-state index is 0.135. The Balaban J connectivity index is 1.59. The van der Waals surface area contributed by atoms with Crippen molar-refractivity contribution in [3.05, 3.63) is 42.5 Å². The summed E-state index contributed by atoms with van der Waals surface area (Å²) in [6.07, 6.45) is 5.96. The van der Waals surface area contributed by atoms with Crippen LogP contribution in [-0.4, -0.2) is 6.36 Å². The van der Waals surface area contributed by atoms with Gasteiger partial charge in [-0.2, -0.15) is 0 Å². The molecule has 2 aliphatic carbocycles. The minimum Gasteiger partial charge on any atom is -0.406 e. The van der Waals surface area contributed by atoms with Gasteiger partial charge in [0.1, 0.15) is 5.75 Å². The number of benzene rings is 1. The Labute approximate surface area is 141 Å². The van der Waals surface area contributed by atoms with Crippen LogP contribution < -0.4 is 4.74 Å². The Morgan fingerprint density at radius 3 is 2.08 bits per heavy atom. The summed E-state index contributed by atoms with van der Waals surface area (Å²) >= 11 is 0. The van der Waals surface area contributed by atoms with Gasteiger partial charge in [-0.15, -0.1) is 19.8 Å². The Kier molecular flexibility index (Phi) is 5.21. The van der Waals surface area contributed by atoms with Crippen LogP contribution in [0, 0.1) is 17.8 Å². The molecule has 0 heterocycles. The van der Waals surface area contributed by atoms with E-state index in [1.807, 2.05) is 6.08 Å². The Morgan fingerprint density at radius 1 is 1.00 bits per heavy atom. The lowest BCUT2D eigenvalue weighted by Crippen LogP contribution is -2.17. The van der Waals surface area contributed by atoms with Crippen LogP contribution in [0.4, 0.5) is 13.2 Å². The summed E-state index contributed by atoms with van der Waals surface area (Å²) in [4.78, 5) is 0. The topological polar surface area (TPSA) is 9.23 Å². The molecule has 3 rings (SSSR count). The van der Waals surface area contributed by atoms with Gasteiger partial charge < -0.3 is 4.74 Å². The van der Waals surface area contributed by atoms with Crippen LogP contribution in [0.1, 0.15) is 56.4 Å². The molecule has 1 nitrogen and oxygen atoms in total. The number of rotatable bonds is 4. The van der Waals surface area contributed by atoms with Gasteiger partial charge in [0, 0.05) is 0 Å². The molecule has 132 valence electrons. The smallest absolute Gasteiger partial charge is 0.406 e. The first-order chi connectivity index (χ1) is 11.4. The molecule has 0 N–H and O–H groups in total. The van der Waals surface area contributed by atoms with E-state index in [-0.39, 0.29) is 5.75 Å². The van der Waals surface area contributed by atoms with Crippen molar-refractivity contribution < 1.29 is 17.9 Å². The van der Waals surface area contributed by atoms with Crippen LogP contribution in [-0.2, 0) is 0 Å². The highest BCUT2D eigenvalue weighted by molar-refractivity contribution is 5.29. The molecule has 0 aromatic heterocycles. The maximum absolute atomic E-state index is 12.2. The number of fused-ring (bicyclic) bond motifs is 1. The van der Waals surface area contributed by atoms with Crippen molar-refractivity contribution in [1.29, 1.82) is 0 Å². The molecule has 1 aromatic carbocycles. The van der Waals surface area contributed by atoms with Crippen molar-refractivity contribution in [2.75, 3.05) is 0 Å². The second kappa shape index (κ2) is 7.20. The van der Waals surface area contributed by atoms with Gasteiger partial charge in [-0.25, -0.2) is 0 Å². The van der Waals surface area contributed by atoms with Crippen molar-refractivity contribution >= 4 is 0 Å². The zero-order valence-electron chi connectivity index (χ0n) is 13.9. The van der Waals surface area contributed by atoms with Crippen LogP contribution in [0.5, 0.6) is 5.75 Å². The monoisotopic (exact) mass is 338 g/mol. The van der Waals surface area contributed by atoms with Gasteiger partial charge in [0.05, 0.1) is 0 Å². The summed E-state index contributed by atoms with van der Waals surface area (Å²) in [5.74, 6) is 2.80. The first-order valence-corrected chi connectivity index (χ1v) is 8.91. The lowest BCUT2D eigenvalue weighted by atomic mass is 9.90. The van der Waals surface area contributed by atoms with Crippen molar-refractivity contribution in [3.63, 3.8) is 0 Å². The van der Waals surface area contributed by atoms with Crippen molar-refractivity contribution in [1.82, 2.24) is 0 Å². The van der Waals surface area contributed by atoms with Gasteiger partial charge >= 0.3 is 6.36 Å². The van der Waals surface area contributed by atoms with Crippen molar-refractivity contribution in [3.8, 4) is 5.75 Å². The van der Waals surface area contributed by atoms with E-state index in [2.05, 4.69) is 11.3 Å². The SMILES string of the molecule is C=CCC1CC2CCC(c3ccc(OC(F)(F)F)cc3)CCC2C1. The van der Waals surface area contributed by atoms with Gasteiger partial charge in [-0.05, 0) is 86.3 Å². The summed E-state index contributed by atoms with van der Waals surface area (Å²) in [6, 6.07) is 6.48. The molecule has 0 spiro atoms. The van der Waals surface area contributed by atoms with Crippen LogP contribution in [0.2, 0.25) is 0 Å². The third-order valence-electron chi connectivity index (χ3n) is 5.80. The van der Waals surface area contributed by atoms with E-state index < -0.39 is 6.36 Å². The molecule has 2 fully saturated rings. The zero-order valence-corrected chi connectivity index (χ0v) is 13.9. The molecule has 2 atom stereocenters. The summed E-state index contributed by atoms with van der Waals surface area (Å²) < 4.78 is 40.7.